The van der Waals surface area contributed by atoms with Crippen molar-refractivity contribution in [3.05, 3.63) is 48.2 Å². The fourth-order valence-electron chi connectivity index (χ4n) is 3.28. The van der Waals surface area contributed by atoms with E-state index in [0.29, 0.717) is 12.2 Å². The molecule has 1 aliphatic heterocycles. The maximum atomic E-state index is 12.5. The number of hydrogen-bond acceptors (Lipinski definition) is 3. The van der Waals surface area contributed by atoms with Crippen molar-refractivity contribution in [2.75, 3.05) is 18.1 Å². The Morgan fingerprint density at radius 1 is 1.17 bits per heavy atom. The number of hydrogen-bond donors (Lipinski definition) is 3. The molecule has 0 saturated carbocycles. The normalized spacial score (nSPS) is 17.2. The smallest absolute Gasteiger partial charge is 0.267 e. The lowest BCUT2D eigenvalue weighted by Crippen LogP contribution is -2.45. The average molecular weight is 340 g/mol. The summed E-state index contributed by atoms with van der Waals surface area (Å²) in [5.74, 6) is 1.73. The van der Waals surface area contributed by atoms with Gasteiger partial charge in [-0.3, -0.25) is 4.79 Å². The van der Waals surface area contributed by atoms with Crippen molar-refractivity contribution in [3.63, 3.8) is 0 Å². The van der Waals surface area contributed by atoms with Gasteiger partial charge in [0.1, 0.15) is 5.69 Å². The van der Waals surface area contributed by atoms with Gasteiger partial charge in [0, 0.05) is 17.4 Å². The molecule has 1 fully saturated rings. The molecule has 1 aliphatic rings. The molecule has 1 saturated heterocycles. The number of H-pyrrole nitrogens is 1. The van der Waals surface area contributed by atoms with Crippen LogP contribution < -0.4 is 5.32 Å². The van der Waals surface area contributed by atoms with Crippen molar-refractivity contribution in [2.45, 2.75) is 18.4 Å². The third-order valence-electron chi connectivity index (χ3n) is 4.77. The highest BCUT2D eigenvalue weighted by molar-refractivity contribution is 7.99. The van der Waals surface area contributed by atoms with E-state index in [-0.39, 0.29) is 5.91 Å². The second-order valence-corrected chi connectivity index (χ2v) is 7.68. The minimum Gasteiger partial charge on any atom is -0.388 e. The maximum absolute atomic E-state index is 12.5. The summed E-state index contributed by atoms with van der Waals surface area (Å²) in [6.07, 6.45) is 1.46. The largest absolute Gasteiger partial charge is 0.388 e. The number of fused-ring (bicyclic) bond motifs is 3. The highest BCUT2D eigenvalue weighted by Gasteiger charge is 2.30. The van der Waals surface area contributed by atoms with Gasteiger partial charge in [-0.25, -0.2) is 0 Å². The zero-order chi connectivity index (χ0) is 16.6. The first-order valence-corrected chi connectivity index (χ1v) is 9.39. The van der Waals surface area contributed by atoms with E-state index in [1.54, 1.807) is 0 Å². The van der Waals surface area contributed by atoms with E-state index in [4.69, 9.17) is 0 Å². The summed E-state index contributed by atoms with van der Waals surface area (Å²) in [6, 6.07) is 14.1. The topological polar surface area (TPSA) is 65.1 Å². The number of thioether (sulfide) groups is 1. The van der Waals surface area contributed by atoms with Crippen LogP contribution in [-0.4, -0.2) is 39.6 Å². The Balaban J connectivity index is 1.57. The summed E-state index contributed by atoms with van der Waals surface area (Å²) in [7, 11) is 0. The van der Waals surface area contributed by atoms with Gasteiger partial charge in [-0.15, -0.1) is 0 Å². The predicted octanol–water partition coefficient (Wildman–Crippen LogP) is 3.31. The van der Waals surface area contributed by atoms with Crippen LogP contribution in [-0.2, 0) is 0 Å². The second-order valence-electron chi connectivity index (χ2n) is 6.45. The zero-order valence-electron chi connectivity index (χ0n) is 13.3. The maximum Gasteiger partial charge on any atom is 0.267 e. The molecule has 3 N–H and O–H groups in total. The van der Waals surface area contributed by atoms with Gasteiger partial charge in [-0.05, 0) is 47.3 Å². The Bertz CT molecular complexity index is 897. The molecule has 0 aliphatic carbocycles. The third kappa shape index (κ3) is 2.89. The monoisotopic (exact) mass is 340 g/mol. The molecule has 0 radical (unpaired) electrons. The lowest BCUT2D eigenvalue weighted by Gasteiger charge is -2.31. The van der Waals surface area contributed by atoms with E-state index in [1.807, 2.05) is 36.0 Å². The Morgan fingerprint density at radius 2 is 1.96 bits per heavy atom. The van der Waals surface area contributed by atoms with Gasteiger partial charge < -0.3 is 15.4 Å². The van der Waals surface area contributed by atoms with Gasteiger partial charge in [0.05, 0.1) is 5.60 Å². The van der Waals surface area contributed by atoms with Gasteiger partial charge in [0.25, 0.3) is 5.91 Å². The molecular weight excluding hydrogens is 320 g/mol. The van der Waals surface area contributed by atoms with Gasteiger partial charge in [0.2, 0.25) is 0 Å². The lowest BCUT2D eigenvalue weighted by molar-refractivity contribution is 0.0310. The molecule has 0 atom stereocenters. The van der Waals surface area contributed by atoms with Crippen LogP contribution in [0.4, 0.5) is 0 Å². The van der Waals surface area contributed by atoms with E-state index in [9.17, 15) is 9.90 Å². The van der Waals surface area contributed by atoms with E-state index in [0.717, 1.165) is 46.0 Å². The number of rotatable bonds is 3. The summed E-state index contributed by atoms with van der Waals surface area (Å²) >= 11 is 1.85. The van der Waals surface area contributed by atoms with E-state index >= 15 is 0 Å². The van der Waals surface area contributed by atoms with Crippen LogP contribution in [0.15, 0.2) is 42.5 Å². The van der Waals surface area contributed by atoms with Gasteiger partial charge in [0.15, 0.2) is 0 Å². The molecule has 4 rings (SSSR count). The second kappa shape index (κ2) is 6.15. The summed E-state index contributed by atoms with van der Waals surface area (Å²) in [6.45, 7) is 0.308. The van der Waals surface area contributed by atoms with Crippen LogP contribution in [0.25, 0.3) is 21.7 Å². The van der Waals surface area contributed by atoms with Crippen LogP contribution in [0, 0.1) is 0 Å². The van der Waals surface area contributed by atoms with Crippen LogP contribution in [0.5, 0.6) is 0 Å². The van der Waals surface area contributed by atoms with Crippen molar-refractivity contribution in [1.82, 2.24) is 10.3 Å². The average Bonchev–Trinajstić information content (AvgIpc) is 3.05. The van der Waals surface area contributed by atoms with Crippen molar-refractivity contribution >= 4 is 39.3 Å². The van der Waals surface area contributed by atoms with Crippen molar-refractivity contribution in [3.8, 4) is 0 Å². The SMILES string of the molecule is O=C(NCC1(O)CCSCC1)c1cc2c(ccc3ccccc32)[nH]1. The van der Waals surface area contributed by atoms with E-state index in [2.05, 4.69) is 28.5 Å². The van der Waals surface area contributed by atoms with Crippen molar-refractivity contribution < 1.29 is 9.90 Å². The number of carbonyl (C=O) groups is 1. The standard InChI is InChI=1S/C19H20N2O2S/c22-18(20-12-19(23)7-9-24-10-8-19)17-11-15-14-4-2-1-3-13(14)5-6-16(15)21-17/h1-6,11,21,23H,7-10,12H2,(H,20,22). The van der Waals surface area contributed by atoms with E-state index in [1.165, 1.54) is 0 Å². The molecule has 0 unspecified atom stereocenters. The predicted molar refractivity (Wildman–Crippen MR) is 99.6 cm³/mol. The highest BCUT2D eigenvalue weighted by atomic mass is 32.2. The van der Waals surface area contributed by atoms with Crippen LogP contribution >= 0.6 is 11.8 Å². The first kappa shape index (κ1) is 15.5. The molecule has 2 aromatic carbocycles. The quantitative estimate of drug-likeness (QED) is 0.685. The summed E-state index contributed by atoms with van der Waals surface area (Å²) in [5.41, 5.74) is 0.723. The van der Waals surface area contributed by atoms with Crippen molar-refractivity contribution in [1.29, 1.82) is 0 Å². The molecule has 1 aromatic heterocycles. The number of benzene rings is 2. The number of aliphatic hydroxyl groups is 1. The molecule has 5 heteroatoms. The first-order valence-electron chi connectivity index (χ1n) is 8.23. The molecule has 4 nitrogen and oxygen atoms in total. The van der Waals surface area contributed by atoms with Gasteiger partial charge in [-0.2, -0.15) is 11.8 Å². The Hall–Kier alpha value is -1.98. The molecule has 124 valence electrons. The minimum atomic E-state index is -0.764. The molecule has 1 amide bonds. The fraction of sp³-hybridized carbons (Fsp3) is 0.316. The number of amides is 1. The highest BCUT2D eigenvalue weighted by Crippen LogP contribution is 2.27. The van der Waals surface area contributed by atoms with Crippen LogP contribution in [0.1, 0.15) is 23.3 Å². The molecule has 24 heavy (non-hydrogen) atoms. The van der Waals surface area contributed by atoms with Crippen LogP contribution in [0.3, 0.4) is 0 Å². The van der Waals surface area contributed by atoms with Crippen LogP contribution in [0.2, 0.25) is 0 Å². The molecule has 0 bridgehead atoms. The summed E-state index contributed by atoms with van der Waals surface area (Å²) in [4.78, 5) is 15.7. The lowest BCUT2D eigenvalue weighted by atomic mass is 9.97. The summed E-state index contributed by atoms with van der Waals surface area (Å²) in [5, 5.41) is 16.7. The third-order valence-corrected chi connectivity index (χ3v) is 5.76. The van der Waals surface area contributed by atoms with Crippen molar-refractivity contribution in [2.24, 2.45) is 0 Å². The molecule has 0 spiro atoms. The Kier molecular flexibility index (Phi) is 3.98. The Morgan fingerprint density at radius 3 is 2.79 bits per heavy atom. The number of aromatic amines is 1. The number of carbonyl (C=O) groups excluding carboxylic acids is 1. The number of aromatic nitrogens is 1. The molecule has 2 heterocycles. The summed E-state index contributed by atoms with van der Waals surface area (Å²) < 4.78 is 0. The Labute approximate surface area is 144 Å². The molecular formula is C19H20N2O2S. The van der Waals surface area contributed by atoms with E-state index < -0.39 is 5.60 Å². The fourth-order valence-corrected chi connectivity index (χ4v) is 4.53. The zero-order valence-corrected chi connectivity index (χ0v) is 14.2. The number of nitrogens with one attached hydrogen (secondary N) is 2. The van der Waals surface area contributed by atoms with Gasteiger partial charge >= 0.3 is 0 Å². The first-order chi connectivity index (χ1) is 11.6. The molecule has 3 aromatic rings. The minimum absolute atomic E-state index is 0.165. The van der Waals surface area contributed by atoms with Gasteiger partial charge in [-0.1, -0.05) is 30.3 Å².